The molecule has 1 aromatic carbocycles. The van der Waals surface area contributed by atoms with E-state index >= 15 is 0 Å². The Bertz CT molecular complexity index is 716. The fourth-order valence-corrected chi connectivity index (χ4v) is 5.35. The molecule has 3 nitrogen and oxygen atoms in total. The monoisotopic (exact) mass is 408 g/mol. The Kier molecular flexibility index (Phi) is 6.32. The molecule has 4 rings (SSSR count). The van der Waals surface area contributed by atoms with Gasteiger partial charge in [-0.1, -0.05) is 30.3 Å². The van der Waals surface area contributed by atoms with Gasteiger partial charge in [-0.25, -0.2) is 0 Å². The Morgan fingerprint density at radius 2 is 1.79 bits per heavy atom. The van der Waals surface area contributed by atoms with Gasteiger partial charge in [0.2, 0.25) is 0 Å². The van der Waals surface area contributed by atoms with Crippen LogP contribution in [0.5, 0.6) is 0 Å². The van der Waals surface area contributed by atoms with Crippen LogP contribution in [-0.2, 0) is 0 Å². The van der Waals surface area contributed by atoms with E-state index in [4.69, 9.17) is 0 Å². The van der Waals surface area contributed by atoms with E-state index in [2.05, 4.69) is 35.2 Å². The lowest BCUT2D eigenvalue weighted by Gasteiger charge is -2.57. The zero-order chi connectivity index (χ0) is 20.4. The van der Waals surface area contributed by atoms with Crippen LogP contribution in [0.1, 0.15) is 55.6 Å². The van der Waals surface area contributed by atoms with Gasteiger partial charge in [0.1, 0.15) is 0 Å². The number of nitrogens with zero attached hydrogens (tertiary/aromatic N) is 2. The predicted molar refractivity (Wildman–Crippen MR) is 109 cm³/mol. The van der Waals surface area contributed by atoms with Crippen LogP contribution < -0.4 is 0 Å². The average molecular weight is 409 g/mol. The Hall–Kier alpha value is -1.37. The lowest BCUT2D eigenvalue weighted by Crippen LogP contribution is -2.67. The number of fused-ring (bicyclic) bond motifs is 1. The molecule has 1 aliphatic carbocycles. The zero-order valence-corrected chi connectivity index (χ0v) is 16.9. The highest BCUT2D eigenvalue weighted by Crippen LogP contribution is 2.42. The molecule has 160 valence electrons. The van der Waals surface area contributed by atoms with E-state index in [0.29, 0.717) is 6.54 Å². The quantitative estimate of drug-likeness (QED) is 0.781. The molecule has 29 heavy (non-hydrogen) atoms. The molecule has 0 spiro atoms. The van der Waals surface area contributed by atoms with Crippen LogP contribution >= 0.6 is 0 Å². The second-order valence-corrected chi connectivity index (χ2v) is 8.70. The van der Waals surface area contributed by atoms with Gasteiger partial charge < -0.3 is 10.0 Å². The van der Waals surface area contributed by atoms with Crippen LogP contribution in [0.3, 0.4) is 0 Å². The molecule has 0 radical (unpaired) electrons. The van der Waals surface area contributed by atoms with Gasteiger partial charge in [-0.3, -0.25) is 4.90 Å². The van der Waals surface area contributed by atoms with Crippen molar-refractivity contribution in [2.75, 3.05) is 32.8 Å². The number of halogens is 3. The Labute approximate surface area is 171 Å². The normalized spacial score (nSPS) is 29.0. The highest BCUT2D eigenvalue weighted by Gasteiger charge is 2.49. The standard InChI is InChI=1S/C23H31F3N2O/c24-23(25,26)11-14-27-12-3-4-13-28-20(15-27)22(21(28)16-29)19-9-7-18(8-10-19)17-5-1-2-6-17/h5,7-10,20-22,29H,1-4,6,11-16H2/t20-,21-,22-/m0/s1. The summed E-state index contributed by atoms with van der Waals surface area (Å²) < 4.78 is 38.2. The van der Waals surface area contributed by atoms with Crippen molar-refractivity contribution in [2.45, 2.75) is 62.7 Å². The maximum absolute atomic E-state index is 12.7. The summed E-state index contributed by atoms with van der Waals surface area (Å²) in [6.07, 6.45) is 2.82. The fraction of sp³-hybridized carbons (Fsp3) is 0.652. The van der Waals surface area contributed by atoms with Crippen molar-refractivity contribution in [3.63, 3.8) is 0 Å². The molecule has 0 aromatic heterocycles. The molecule has 2 heterocycles. The number of allylic oxidation sites excluding steroid dienone is 2. The van der Waals surface area contributed by atoms with Gasteiger partial charge in [0, 0.05) is 31.1 Å². The van der Waals surface area contributed by atoms with Crippen molar-refractivity contribution in [3.8, 4) is 0 Å². The molecular formula is C23H31F3N2O. The van der Waals surface area contributed by atoms with E-state index in [0.717, 1.165) is 38.8 Å². The van der Waals surface area contributed by atoms with Gasteiger partial charge in [0.25, 0.3) is 0 Å². The van der Waals surface area contributed by atoms with Gasteiger partial charge in [0.15, 0.2) is 0 Å². The Balaban J connectivity index is 1.49. The van der Waals surface area contributed by atoms with E-state index in [1.165, 1.54) is 23.1 Å². The Morgan fingerprint density at radius 1 is 1.03 bits per heavy atom. The molecule has 0 amide bonds. The molecule has 0 unspecified atom stereocenters. The van der Waals surface area contributed by atoms with Crippen molar-refractivity contribution in [3.05, 3.63) is 41.5 Å². The maximum atomic E-state index is 12.7. The van der Waals surface area contributed by atoms with Gasteiger partial charge in [-0.2, -0.15) is 13.2 Å². The topological polar surface area (TPSA) is 26.7 Å². The Morgan fingerprint density at radius 3 is 2.45 bits per heavy atom. The smallest absolute Gasteiger partial charge is 0.390 e. The van der Waals surface area contributed by atoms with Crippen LogP contribution in [0.4, 0.5) is 13.2 Å². The molecule has 2 fully saturated rings. The summed E-state index contributed by atoms with van der Waals surface area (Å²) in [5, 5.41) is 10.0. The first-order valence-corrected chi connectivity index (χ1v) is 10.9. The molecule has 1 aromatic rings. The van der Waals surface area contributed by atoms with Crippen LogP contribution in [-0.4, -0.2) is 66.0 Å². The largest absolute Gasteiger partial charge is 0.395 e. The fourth-order valence-electron chi connectivity index (χ4n) is 5.35. The van der Waals surface area contributed by atoms with E-state index in [1.54, 1.807) is 0 Å². The number of hydrogen-bond donors (Lipinski definition) is 1. The van der Waals surface area contributed by atoms with E-state index in [1.807, 2.05) is 4.90 Å². The number of rotatable bonds is 5. The van der Waals surface area contributed by atoms with Crippen molar-refractivity contribution in [1.82, 2.24) is 9.80 Å². The minimum Gasteiger partial charge on any atom is -0.395 e. The molecule has 6 heteroatoms. The van der Waals surface area contributed by atoms with Gasteiger partial charge in [-0.15, -0.1) is 0 Å². The molecule has 1 N–H and O–H groups in total. The summed E-state index contributed by atoms with van der Waals surface area (Å²) >= 11 is 0. The minimum absolute atomic E-state index is 0.0669. The molecule has 0 bridgehead atoms. The van der Waals surface area contributed by atoms with Crippen molar-refractivity contribution in [2.24, 2.45) is 0 Å². The average Bonchev–Trinajstić information content (AvgIpc) is 3.20. The number of benzene rings is 1. The number of aliphatic hydroxyl groups is 1. The third kappa shape index (κ3) is 4.70. The molecule has 3 atom stereocenters. The van der Waals surface area contributed by atoms with Crippen LogP contribution in [0, 0.1) is 0 Å². The first-order chi connectivity index (χ1) is 14.0. The highest BCUT2D eigenvalue weighted by atomic mass is 19.4. The predicted octanol–water partition coefficient (Wildman–Crippen LogP) is 4.43. The first-order valence-electron chi connectivity index (χ1n) is 10.9. The number of hydrogen-bond acceptors (Lipinski definition) is 3. The van der Waals surface area contributed by atoms with Gasteiger partial charge in [0.05, 0.1) is 13.0 Å². The van der Waals surface area contributed by atoms with Crippen LogP contribution in [0.15, 0.2) is 30.3 Å². The molecule has 2 aliphatic heterocycles. The van der Waals surface area contributed by atoms with Crippen molar-refractivity contribution in [1.29, 1.82) is 0 Å². The molecule has 2 saturated heterocycles. The van der Waals surface area contributed by atoms with E-state index < -0.39 is 12.6 Å². The van der Waals surface area contributed by atoms with E-state index in [-0.39, 0.29) is 31.2 Å². The highest BCUT2D eigenvalue weighted by molar-refractivity contribution is 5.67. The molecule has 0 saturated carbocycles. The number of alkyl halides is 3. The van der Waals surface area contributed by atoms with Gasteiger partial charge in [-0.05, 0) is 61.9 Å². The summed E-state index contributed by atoms with van der Waals surface area (Å²) in [6.45, 7) is 2.45. The summed E-state index contributed by atoms with van der Waals surface area (Å²) in [6, 6.07) is 8.92. The summed E-state index contributed by atoms with van der Waals surface area (Å²) in [5.74, 6) is 0.179. The maximum Gasteiger partial charge on any atom is 0.390 e. The van der Waals surface area contributed by atoms with E-state index in [9.17, 15) is 18.3 Å². The third-order valence-corrected chi connectivity index (χ3v) is 6.87. The number of aliphatic hydroxyl groups excluding tert-OH is 1. The summed E-state index contributed by atoms with van der Waals surface area (Å²) in [4.78, 5) is 4.29. The molecule has 3 aliphatic rings. The minimum atomic E-state index is -4.11. The first kappa shape index (κ1) is 20.9. The third-order valence-electron chi connectivity index (χ3n) is 6.87. The zero-order valence-electron chi connectivity index (χ0n) is 16.9. The molecular weight excluding hydrogens is 377 g/mol. The second kappa shape index (κ2) is 8.78. The summed E-state index contributed by atoms with van der Waals surface area (Å²) in [5.41, 5.74) is 3.88. The van der Waals surface area contributed by atoms with Crippen LogP contribution in [0.2, 0.25) is 0 Å². The van der Waals surface area contributed by atoms with Crippen molar-refractivity contribution < 1.29 is 18.3 Å². The second-order valence-electron chi connectivity index (χ2n) is 8.70. The van der Waals surface area contributed by atoms with Gasteiger partial charge >= 0.3 is 6.18 Å². The summed E-state index contributed by atoms with van der Waals surface area (Å²) in [7, 11) is 0. The lowest BCUT2D eigenvalue weighted by molar-refractivity contribution is -0.140. The lowest BCUT2D eigenvalue weighted by atomic mass is 9.74. The van der Waals surface area contributed by atoms with Crippen molar-refractivity contribution >= 4 is 5.57 Å². The SMILES string of the molecule is OC[C@H]1[C@@H](c2ccc(C3=CCCC3)cc2)[C@@H]2CN(CCC(F)(F)F)CCCCN12. The van der Waals surface area contributed by atoms with Crippen LogP contribution in [0.25, 0.3) is 5.57 Å².